The summed E-state index contributed by atoms with van der Waals surface area (Å²) in [6, 6.07) is 0. The van der Waals surface area contributed by atoms with Gasteiger partial charge in [-0.15, -0.1) is 0 Å². The molecule has 0 saturated carbocycles. The van der Waals surface area contributed by atoms with E-state index in [-0.39, 0.29) is 52.0 Å². The fourth-order valence-electron chi connectivity index (χ4n) is 1.16. The third-order valence-corrected chi connectivity index (χ3v) is 2.07. The summed E-state index contributed by atoms with van der Waals surface area (Å²) in [5, 5.41) is 0. The Balaban J connectivity index is -0.000000605. The molecule has 0 aromatic heterocycles. The van der Waals surface area contributed by atoms with Crippen molar-refractivity contribution >= 4 is 7.82 Å². The summed E-state index contributed by atoms with van der Waals surface area (Å²) in [6.07, 6.45) is -0.508. The molecule has 0 bridgehead atoms. The Morgan fingerprint density at radius 3 is 1.43 bits per heavy atom. The largest absolute Gasteiger partial charge is 0.790 e. The molecule has 0 aliphatic heterocycles. The minimum Gasteiger partial charge on any atom is -0.790 e. The summed E-state index contributed by atoms with van der Waals surface area (Å²) in [7, 11) is -4.83. The minimum atomic E-state index is -4.83. The average Bonchev–Trinajstić information content (AvgIpc) is 1.79. The van der Waals surface area contributed by atoms with Crippen molar-refractivity contribution in [1.82, 2.24) is 0 Å². The molecule has 0 saturated heterocycles. The van der Waals surface area contributed by atoms with E-state index in [1.165, 1.54) is 0 Å². The summed E-state index contributed by atoms with van der Waals surface area (Å²) in [5.41, 5.74) is 0. The van der Waals surface area contributed by atoms with Gasteiger partial charge in [0, 0.05) is 32.7 Å². The second-order valence-electron chi connectivity index (χ2n) is 3.51. The van der Waals surface area contributed by atoms with Crippen LogP contribution in [-0.2, 0) is 41.8 Å². The SMILES string of the molecule is CC(C)C(OP(=O)([O-])[O-])C(C)C.[CH3-].[Y]. The van der Waals surface area contributed by atoms with Gasteiger partial charge >= 0.3 is 0 Å². The molecule has 14 heavy (non-hydrogen) atoms. The van der Waals surface area contributed by atoms with Crippen molar-refractivity contribution in [3.63, 3.8) is 0 Å². The maximum atomic E-state index is 10.3. The van der Waals surface area contributed by atoms with Gasteiger partial charge in [0.05, 0.1) is 13.9 Å². The van der Waals surface area contributed by atoms with Gasteiger partial charge in [0.1, 0.15) is 0 Å². The van der Waals surface area contributed by atoms with Crippen LogP contribution in [0.4, 0.5) is 0 Å². The first-order chi connectivity index (χ1) is 5.24. The quantitative estimate of drug-likeness (QED) is 0.572. The van der Waals surface area contributed by atoms with E-state index in [0.717, 1.165) is 0 Å². The zero-order valence-corrected chi connectivity index (χ0v) is 13.1. The Kier molecular flexibility index (Phi) is 12.3. The second kappa shape index (κ2) is 8.38. The van der Waals surface area contributed by atoms with Crippen LogP contribution < -0.4 is 9.79 Å². The van der Waals surface area contributed by atoms with Crippen molar-refractivity contribution in [2.75, 3.05) is 0 Å². The molecular formula is C8H18O4PY-3. The first-order valence-electron chi connectivity index (χ1n) is 3.94. The van der Waals surface area contributed by atoms with Gasteiger partial charge in [-0.3, -0.25) is 0 Å². The Morgan fingerprint density at radius 1 is 1.07 bits per heavy atom. The molecule has 0 rings (SSSR count). The van der Waals surface area contributed by atoms with Crippen molar-refractivity contribution in [3.05, 3.63) is 7.43 Å². The Labute approximate surface area is 112 Å². The van der Waals surface area contributed by atoms with Gasteiger partial charge in [0.25, 0.3) is 0 Å². The number of phosphoric acid groups is 1. The fourth-order valence-corrected chi connectivity index (χ4v) is 1.95. The van der Waals surface area contributed by atoms with Crippen LogP contribution >= 0.6 is 7.82 Å². The smallest absolute Gasteiger partial charge is 0.0673 e. The third-order valence-electron chi connectivity index (χ3n) is 1.56. The molecule has 0 N–H and O–H groups in total. The molecule has 0 atom stereocenters. The van der Waals surface area contributed by atoms with Crippen LogP contribution in [-0.4, -0.2) is 6.10 Å². The molecule has 0 aromatic carbocycles. The molecule has 0 aliphatic carbocycles. The molecular weight excluding hydrogens is 280 g/mol. The van der Waals surface area contributed by atoms with Gasteiger partial charge in [0.2, 0.25) is 0 Å². The van der Waals surface area contributed by atoms with E-state index in [1.807, 2.05) is 27.7 Å². The van der Waals surface area contributed by atoms with E-state index in [9.17, 15) is 14.4 Å². The van der Waals surface area contributed by atoms with Crippen LogP contribution in [0, 0.1) is 19.3 Å². The number of hydrogen-bond donors (Lipinski definition) is 0. The monoisotopic (exact) mass is 298 g/mol. The zero-order valence-electron chi connectivity index (χ0n) is 9.39. The normalized spacial score (nSPS) is 11.5. The van der Waals surface area contributed by atoms with E-state index < -0.39 is 13.9 Å². The van der Waals surface area contributed by atoms with Crippen molar-refractivity contribution < 1.29 is 51.6 Å². The van der Waals surface area contributed by atoms with Gasteiger partial charge in [-0.25, -0.2) is 0 Å². The van der Waals surface area contributed by atoms with Gasteiger partial charge in [-0.2, -0.15) is 0 Å². The topological polar surface area (TPSA) is 72.4 Å². The van der Waals surface area contributed by atoms with Gasteiger partial charge in [-0.1, -0.05) is 27.7 Å². The van der Waals surface area contributed by atoms with Crippen molar-refractivity contribution in [3.8, 4) is 0 Å². The standard InChI is InChI=1S/C7H17O4P.CH3.Y/c1-5(2)7(6(3)4)11-12(8,9)10;;/h5-7H,1-4H3,(H2,8,9,10);1H3;/q;-1;/p-2. The van der Waals surface area contributed by atoms with Gasteiger partial charge < -0.3 is 26.3 Å². The summed E-state index contributed by atoms with van der Waals surface area (Å²) in [4.78, 5) is 20.6. The van der Waals surface area contributed by atoms with E-state index in [2.05, 4.69) is 4.52 Å². The van der Waals surface area contributed by atoms with Crippen LogP contribution in [0.25, 0.3) is 0 Å². The molecule has 0 heterocycles. The van der Waals surface area contributed by atoms with Crippen molar-refractivity contribution in [1.29, 1.82) is 0 Å². The van der Waals surface area contributed by atoms with Crippen molar-refractivity contribution in [2.45, 2.75) is 33.8 Å². The molecule has 4 nitrogen and oxygen atoms in total. The molecule has 1 radical (unpaired) electrons. The van der Waals surface area contributed by atoms with Crippen LogP contribution in [0.2, 0.25) is 0 Å². The van der Waals surface area contributed by atoms with Gasteiger partial charge in [0.15, 0.2) is 0 Å². The molecule has 0 fully saturated rings. The molecule has 85 valence electrons. The number of rotatable bonds is 4. The van der Waals surface area contributed by atoms with Crippen LogP contribution in [0.15, 0.2) is 0 Å². The molecule has 0 aliphatic rings. The van der Waals surface area contributed by atoms with E-state index in [4.69, 9.17) is 0 Å². The predicted molar refractivity (Wildman–Crippen MR) is 48.6 cm³/mol. The molecule has 0 unspecified atom stereocenters. The zero-order chi connectivity index (χ0) is 9.94. The van der Waals surface area contributed by atoms with Crippen LogP contribution in [0.1, 0.15) is 27.7 Å². The van der Waals surface area contributed by atoms with E-state index >= 15 is 0 Å². The summed E-state index contributed by atoms with van der Waals surface area (Å²) < 4.78 is 14.7. The first-order valence-corrected chi connectivity index (χ1v) is 5.40. The van der Waals surface area contributed by atoms with E-state index in [0.29, 0.717) is 0 Å². The Morgan fingerprint density at radius 2 is 1.36 bits per heavy atom. The predicted octanol–water partition coefficient (Wildman–Crippen LogP) is 0.960. The first kappa shape index (κ1) is 20.6. The average molecular weight is 298 g/mol. The molecule has 6 heteroatoms. The van der Waals surface area contributed by atoms with Crippen LogP contribution in [0.3, 0.4) is 0 Å². The molecule has 0 aromatic rings. The third kappa shape index (κ3) is 9.76. The second-order valence-corrected chi connectivity index (χ2v) is 4.61. The van der Waals surface area contributed by atoms with Crippen LogP contribution in [0.5, 0.6) is 0 Å². The Bertz CT molecular complexity index is 170. The molecule has 0 spiro atoms. The number of phosphoric ester groups is 1. The van der Waals surface area contributed by atoms with Gasteiger partial charge in [-0.05, 0) is 11.8 Å². The summed E-state index contributed by atoms with van der Waals surface area (Å²) in [6.45, 7) is 7.28. The number of hydrogen-bond acceptors (Lipinski definition) is 4. The Hall–Kier alpha value is 1.21. The summed E-state index contributed by atoms with van der Waals surface area (Å²) >= 11 is 0. The van der Waals surface area contributed by atoms with Crippen molar-refractivity contribution in [2.24, 2.45) is 11.8 Å². The summed E-state index contributed by atoms with van der Waals surface area (Å²) in [5.74, 6) is 0.0578. The molecule has 0 amide bonds. The van der Waals surface area contributed by atoms with E-state index in [1.54, 1.807) is 0 Å². The maximum absolute atomic E-state index is 10.3. The maximum Gasteiger partial charge on any atom is 0.0673 e. The minimum absolute atomic E-state index is 0. The fraction of sp³-hybridized carbons (Fsp3) is 0.875.